The highest BCUT2D eigenvalue weighted by Crippen LogP contribution is 2.40. The molecule has 2 fully saturated rings. The summed E-state index contributed by atoms with van der Waals surface area (Å²) in [6.45, 7) is 4.58. The highest BCUT2D eigenvalue weighted by atomic mass is 32.2. The van der Waals surface area contributed by atoms with Gasteiger partial charge in [0, 0.05) is 18.2 Å². The monoisotopic (exact) mass is 632 g/mol. The maximum Gasteiger partial charge on any atom is 0.265 e. The van der Waals surface area contributed by atoms with E-state index in [4.69, 9.17) is 14.5 Å². The number of benzene rings is 1. The molecule has 6 rings (SSSR count). The van der Waals surface area contributed by atoms with Gasteiger partial charge < -0.3 is 9.47 Å². The number of carbonyl (C=O) groups is 1. The number of amidine groups is 1. The molecule has 12 heteroatoms. The first-order valence-corrected chi connectivity index (χ1v) is 17.2. The fraction of sp³-hybridized carbons (Fsp3) is 0.485. The number of hydrogen-bond donors (Lipinski definition) is 1. The first-order chi connectivity index (χ1) is 21.7. The van der Waals surface area contributed by atoms with Gasteiger partial charge in [-0.1, -0.05) is 44.4 Å². The molecule has 3 aromatic rings. The highest BCUT2D eigenvalue weighted by molar-refractivity contribution is 7.92. The summed E-state index contributed by atoms with van der Waals surface area (Å²) < 4.78 is 41.4. The SMILES string of the molecule is CCCCC1=NC2(CCCC2)C(=O)N1Cc1ccc(-c2ncccc2S(=O)(=O)Nc2ncc(C)nc2OC)c(COC2CC2)c1. The minimum Gasteiger partial charge on any atom is -0.478 e. The zero-order chi connectivity index (χ0) is 31.6. The van der Waals surface area contributed by atoms with Crippen LogP contribution in [-0.4, -0.2) is 58.8 Å². The van der Waals surface area contributed by atoms with Crippen LogP contribution in [0.3, 0.4) is 0 Å². The Bertz CT molecular complexity index is 1720. The second-order valence-corrected chi connectivity index (χ2v) is 13.7. The highest BCUT2D eigenvalue weighted by Gasteiger charge is 2.49. The molecule has 0 radical (unpaired) electrons. The number of carbonyl (C=O) groups excluding carboxylic acids is 1. The number of hydrogen-bond acceptors (Lipinski definition) is 9. The van der Waals surface area contributed by atoms with Gasteiger partial charge >= 0.3 is 0 Å². The van der Waals surface area contributed by atoms with Crippen LogP contribution in [0.4, 0.5) is 5.82 Å². The fourth-order valence-corrected chi connectivity index (χ4v) is 7.26. The molecule has 11 nitrogen and oxygen atoms in total. The lowest BCUT2D eigenvalue weighted by atomic mass is 9.97. The lowest BCUT2D eigenvalue weighted by Gasteiger charge is -2.23. The lowest BCUT2D eigenvalue weighted by molar-refractivity contribution is -0.131. The summed E-state index contributed by atoms with van der Waals surface area (Å²) in [6, 6.07) is 8.92. The minimum absolute atomic E-state index is 0.0123. The van der Waals surface area contributed by atoms with Crippen molar-refractivity contribution in [3.63, 3.8) is 0 Å². The van der Waals surface area contributed by atoms with E-state index in [1.807, 2.05) is 23.1 Å². The van der Waals surface area contributed by atoms with Gasteiger partial charge in [0.15, 0.2) is 0 Å². The van der Waals surface area contributed by atoms with Crippen molar-refractivity contribution in [1.82, 2.24) is 19.9 Å². The Kier molecular flexibility index (Phi) is 8.87. The molecule has 1 aliphatic heterocycles. The maximum absolute atomic E-state index is 13.8. The number of anilines is 1. The summed E-state index contributed by atoms with van der Waals surface area (Å²) in [5.41, 5.74) is 2.65. The van der Waals surface area contributed by atoms with E-state index in [1.54, 1.807) is 19.2 Å². The molecule has 3 heterocycles. The summed E-state index contributed by atoms with van der Waals surface area (Å²) in [5, 5.41) is 0. The number of aliphatic imine (C=N–C) groups is 1. The summed E-state index contributed by atoms with van der Waals surface area (Å²) in [6.07, 6.45) is 11.7. The number of nitrogens with one attached hydrogen (secondary N) is 1. The normalized spacial score (nSPS) is 17.6. The van der Waals surface area contributed by atoms with Crippen molar-refractivity contribution in [2.45, 2.75) is 101 Å². The zero-order valence-electron chi connectivity index (χ0n) is 26.1. The Labute approximate surface area is 264 Å². The number of unbranched alkanes of at least 4 members (excludes halogenated alkanes) is 1. The van der Waals surface area contributed by atoms with E-state index in [-0.39, 0.29) is 34.3 Å². The molecule has 0 saturated heterocycles. The van der Waals surface area contributed by atoms with Crippen molar-refractivity contribution in [2.75, 3.05) is 11.8 Å². The van der Waals surface area contributed by atoms with Crippen LogP contribution in [0.15, 0.2) is 52.6 Å². The summed E-state index contributed by atoms with van der Waals surface area (Å²) >= 11 is 0. The predicted octanol–water partition coefficient (Wildman–Crippen LogP) is 5.58. The Morgan fingerprint density at radius 1 is 1.13 bits per heavy atom. The first-order valence-electron chi connectivity index (χ1n) is 15.7. The maximum atomic E-state index is 13.8. The van der Waals surface area contributed by atoms with Crippen LogP contribution in [0.1, 0.15) is 81.5 Å². The van der Waals surface area contributed by atoms with Gasteiger partial charge in [0.2, 0.25) is 5.82 Å². The van der Waals surface area contributed by atoms with Crippen molar-refractivity contribution in [1.29, 1.82) is 0 Å². The standard InChI is InChI=1S/C33H40N6O5S/c1-4-5-10-28-37-33(15-6-7-16-33)32(40)39(28)20-23-11-14-26(24(18-23)21-44-25-12-13-25)29-27(9-8-17-34-29)45(41,42)38-30-31(43-3)36-22(2)19-35-30/h8-9,11,14,17-19,25H,4-7,10,12-13,15-16,20-21H2,1-3H3,(H,35,38). The van der Waals surface area contributed by atoms with Crippen molar-refractivity contribution in [3.05, 3.63) is 59.5 Å². The fourth-order valence-electron chi connectivity index (χ4n) is 6.08. The van der Waals surface area contributed by atoms with Crippen molar-refractivity contribution >= 4 is 27.6 Å². The van der Waals surface area contributed by atoms with Gasteiger partial charge in [-0.25, -0.2) is 18.4 Å². The van der Waals surface area contributed by atoms with Gasteiger partial charge in [-0.05, 0) is 62.3 Å². The minimum atomic E-state index is -4.14. The third-order valence-corrected chi connectivity index (χ3v) is 9.96. The Hall–Kier alpha value is -3.90. The number of nitrogens with zero attached hydrogens (tertiary/aromatic N) is 5. The molecule has 0 unspecified atom stereocenters. The molecule has 45 heavy (non-hydrogen) atoms. The Morgan fingerprint density at radius 2 is 1.93 bits per heavy atom. The average molecular weight is 633 g/mol. The smallest absolute Gasteiger partial charge is 0.265 e. The van der Waals surface area contributed by atoms with Gasteiger partial charge in [0.1, 0.15) is 16.3 Å². The Balaban J connectivity index is 1.33. The molecule has 2 aliphatic carbocycles. The molecule has 2 aromatic heterocycles. The lowest BCUT2D eigenvalue weighted by Crippen LogP contribution is -2.40. The summed E-state index contributed by atoms with van der Waals surface area (Å²) in [4.78, 5) is 33.6. The quantitative estimate of drug-likeness (QED) is 0.258. The van der Waals surface area contributed by atoms with Crippen molar-refractivity contribution in [3.8, 4) is 17.1 Å². The van der Waals surface area contributed by atoms with E-state index in [0.717, 1.165) is 74.7 Å². The molecule has 1 aromatic carbocycles. The van der Waals surface area contributed by atoms with E-state index in [0.29, 0.717) is 24.4 Å². The molecule has 3 aliphatic rings. The second kappa shape index (κ2) is 12.8. The third kappa shape index (κ3) is 6.57. The largest absolute Gasteiger partial charge is 0.478 e. The van der Waals surface area contributed by atoms with Crippen LogP contribution in [0.5, 0.6) is 5.88 Å². The van der Waals surface area contributed by atoms with Gasteiger partial charge in [0.05, 0.1) is 44.0 Å². The number of sulfonamides is 1. The number of pyridine rings is 1. The van der Waals surface area contributed by atoms with Crippen LogP contribution in [-0.2, 0) is 32.7 Å². The molecule has 1 amide bonds. The van der Waals surface area contributed by atoms with Gasteiger partial charge in [0.25, 0.3) is 21.8 Å². The molecule has 1 spiro atoms. The summed E-state index contributed by atoms with van der Waals surface area (Å²) in [5.74, 6) is 1.04. The number of rotatable bonds is 13. The van der Waals surface area contributed by atoms with E-state index in [2.05, 4.69) is 26.6 Å². The van der Waals surface area contributed by atoms with E-state index >= 15 is 0 Å². The van der Waals surface area contributed by atoms with Gasteiger partial charge in [-0.15, -0.1) is 0 Å². The van der Waals surface area contributed by atoms with Crippen LogP contribution in [0.25, 0.3) is 11.3 Å². The van der Waals surface area contributed by atoms with Crippen molar-refractivity contribution in [2.24, 2.45) is 4.99 Å². The molecule has 0 bridgehead atoms. The van der Waals surface area contributed by atoms with Gasteiger partial charge in [-0.3, -0.25) is 24.4 Å². The molecular formula is C33H40N6O5S. The molecule has 1 N–H and O–H groups in total. The number of aromatic nitrogens is 3. The number of amides is 1. The number of methoxy groups -OCH3 is 1. The van der Waals surface area contributed by atoms with E-state index in [9.17, 15) is 13.2 Å². The van der Waals surface area contributed by atoms with Crippen molar-refractivity contribution < 1.29 is 22.7 Å². The Morgan fingerprint density at radius 3 is 2.67 bits per heavy atom. The van der Waals surface area contributed by atoms with Crippen LogP contribution in [0, 0.1) is 6.92 Å². The average Bonchev–Trinajstić information content (AvgIpc) is 3.69. The number of ether oxygens (including phenoxy) is 2. The molecular weight excluding hydrogens is 592 g/mol. The predicted molar refractivity (Wildman–Crippen MR) is 170 cm³/mol. The molecule has 2 saturated carbocycles. The first kappa shape index (κ1) is 31.1. The van der Waals surface area contributed by atoms with Crippen LogP contribution in [0.2, 0.25) is 0 Å². The van der Waals surface area contributed by atoms with E-state index < -0.39 is 15.6 Å². The topological polar surface area (TPSA) is 136 Å². The second-order valence-electron chi connectivity index (χ2n) is 12.1. The zero-order valence-corrected chi connectivity index (χ0v) is 26.9. The molecule has 238 valence electrons. The van der Waals surface area contributed by atoms with Crippen LogP contribution < -0.4 is 9.46 Å². The summed E-state index contributed by atoms with van der Waals surface area (Å²) in [7, 11) is -2.73. The van der Waals surface area contributed by atoms with E-state index in [1.165, 1.54) is 19.4 Å². The number of aryl methyl sites for hydroxylation is 1. The molecule has 0 atom stereocenters. The third-order valence-electron chi connectivity index (χ3n) is 8.59. The van der Waals surface area contributed by atoms with Crippen LogP contribution >= 0.6 is 0 Å². The van der Waals surface area contributed by atoms with Gasteiger partial charge in [-0.2, -0.15) is 0 Å².